The van der Waals surface area contributed by atoms with Crippen molar-refractivity contribution in [3.63, 3.8) is 0 Å². The predicted molar refractivity (Wildman–Crippen MR) is 141 cm³/mol. The van der Waals surface area contributed by atoms with Gasteiger partial charge in [-0.05, 0) is 66.5 Å². The van der Waals surface area contributed by atoms with Gasteiger partial charge < -0.3 is 10.6 Å². The molecule has 1 atom stereocenters. The van der Waals surface area contributed by atoms with E-state index in [2.05, 4.69) is 47.3 Å². The van der Waals surface area contributed by atoms with Crippen molar-refractivity contribution in [1.82, 2.24) is 0 Å². The van der Waals surface area contributed by atoms with Crippen LogP contribution in [0.1, 0.15) is 58.3 Å². The van der Waals surface area contributed by atoms with E-state index in [1.54, 1.807) is 24.3 Å². The molecule has 0 radical (unpaired) electrons. The van der Waals surface area contributed by atoms with Crippen molar-refractivity contribution in [1.29, 1.82) is 0 Å². The predicted octanol–water partition coefficient (Wildman–Crippen LogP) is 7.82. The number of fused-ring (bicyclic) bond motifs is 1. The molecule has 172 valence electrons. The zero-order chi connectivity index (χ0) is 23.8. The van der Waals surface area contributed by atoms with Crippen LogP contribution in [-0.2, 0) is 12.8 Å². The Morgan fingerprint density at radius 3 is 2.52 bits per heavy atom. The first-order valence-corrected chi connectivity index (χ1v) is 12.9. The van der Waals surface area contributed by atoms with Gasteiger partial charge in [0.2, 0.25) is 0 Å². The largest absolute Gasteiger partial charge is 0.321 e. The first kappa shape index (κ1) is 24.0. The number of amides is 2. The molecule has 0 aliphatic heterocycles. The third-order valence-corrected chi connectivity index (χ3v) is 8.15. The van der Waals surface area contributed by atoms with Gasteiger partial charge in [0.05, 0.1) is 16.3 Å². The smallest absolute Gasteiger partial charge is 0.258 e. The van der Waals surface area contributed by atoms with Gasteiger partial charge in [-0.3, -0.25) is 9.59 Å². The van der Waals surface area contributed by atoms with Crippen LogP contribution in [0.4, 0.5) is 10.7 Å². The first-order valence-electron chi connectivity index (χ1n) is 10.9. The third kappa shape index (κ3) is 5.34. The van der Waals surface area contributed by atoms with Crippen LogP contribution in [-0.4, -0.2) is 11.8 Å². The van der Waals surface area contributed by atoms with Crippen LogP contribution < -0.4 is 10.6 Å². The Bertz CT molecular complexity index is 1220. The Balaban J connectivity index is 1.70. The van der Waals surface area contributed by atoms with E-state index in [1.807, 2.05) is 24.3 Å². The molecule has 0 saturated heterocycles. The average Bonchev–Trinajstić information content (AvgIpc) is 3.11. The minimum atomic E-state index is -0.251. The maximum Gasteiger partial charge on any atom is 0.258 e. The van der Waals surface area contributed by atoms with E-state index in [-0.39, 0.29) is 17.2 Å². The Kier molecular flexibility index (Phi) is 6.99. The van der Waals surface area contributed by atoms with Crippen LogP contribution >= 0.6 is 38.9 Å². The normalized spacial score (nSPS) is 15.6. The van der Waals surface area contributed by atoms with Gasteiger partial charge in [0.25, 0.3) is 11.8 Å². The van der Waals surface area contributed by atoms with Gasteiger partial charge in [0.1, 0.15) is 5.00 Å². The lowest BCUT2D eigenvalue weighted by Gasteiger charge is -2.33. The lowest BCUT2D eigenvalue weighted by molar-refractivity contribution is 0.102. The van der Waals surface area contributed by atoms with Gasteiger partial charge in [-0.15, -0.1) is 11.3 Å². The molecule has 7 heteroatoms. The fourth-order valence-corrected chi connectivity index (χ4v) is 6.11. The second-order valence-corrected chi connectivity index (χ2v) is 11.8. The molecule has 4 rings (SSSR count). The summed E-state index contributed by atoms with van der Waals surface area (Å²) in [6.45, 7) is 6.78. The summed E-state index contributed by atoms with van der Waals surface area (Å²) in [6.07, 6.45) is 2.73. The molecular weight excluding hydrogens is 520 g/mol. The number of carbonyl (C=O) groups excluding carboxylic acids is 2. The Morgan fingerprint density at radius 1 is 1.06 bits per heavy atom. The zero-order valence-corrected chi connectivity index (χ0v) is 22.0. The monoisotopic (exact) mass is 544 g/mol. The summed E-state index contributed by atoms with van der Waals surface area (Å²) in [5.41, 5.74) is 2.85. The number of halogens is 2. The van der Waals surface area contributed by atoms with Crippen molar-refractivity contribution in [2.24, 2.45) is 11.3 Å². The molecule has 1 unspecified atom stereocenters. The van der Waals surface area contributed by atoms with E-state index < -0.39 is 0 Å². The number of rotatable bonds is 4. The maximum absolute atomic E-state index is 13.4. The van der Waals surface area contributed by atoms with E-state index in [1.165, 1.54) is 16.2 Å². The summed E-state index contributed by atoms with van der Waals surface area (Å²) in [5, 5.41) is 7.02. The van der Waals surface area contributed by atoms with Gasteiger partial charge >= 0.3 is 0 Å². The fraction of sp³-hybridized carbons (Fsp3) is 0.308. The van der Waals surface area contributed by atoms with Crippen LogP contribution in [0, 0.1) is 11.3 Å². The van der Waals surface area contributed by atoms with Crippen LogP contribution in [0.5, 0.6) is 0 Å². The minimum Gasteiger partial charge on any atom is -0.321 e. The topological polar surface area (TPSA) is 58.2 Å². The molecule has 4 nitrogen and oxygen atoms in total. The van der Waals surface area contributed by atoms with E-state index in [0.717, 1.165) is 29.3 Å². The number of carbonyl (C=O) groups is 2. The van der Waals surface area contributed by atoms with Crippen molar-refractivity contribution in [2.75, 3.05) is 10.6 Å². The summed E-state index contributed by atoms with van der Waals surface area (Å²) in [4.78, 5) is 27.6. The fourth-order valence-electron chi connectivity index (χ4n) is 4.21. The molecule has 1 aromatic heterocycles. The lowest BCUT2D eigenvalue weighted by atomic mass is 9.72. The highest BCUT2D eigenvalue weighted by Gasteiger charge is 2.34. The highest BCUT2D eigenvalue weighted by molar-refractivity contribution is 9.10. The molecule has 2 aromatic carbocycles. The molecule has 1 aliphatic rings. The van der Waals surface area contributed by atoms with E-state index in [4.69, 9.17) is 11.6 Å². The van der Waals surface area contributed by atoms with E-state index >= 15 is 0 Å². The van der Waals surface area contributed by atoms with E-state index in [9.17, 15) is 9.59 Å². The van der Waals surface area contributed by atoms with Crippen LogP contribution in [0.2, 0.25) is 5.02 Å². The highest BCUT2D eigenvalue weighted by Crippen LogP contribution is 2.44. The molecular formula is C26H26BrClN2O2S. The molecule has 1 heterocycles. The van der Waals surface area contributed by atoms with Gasteiger partial charge in [-0.25, -0.2) is 0 Å². The van der Waals surface area contributed by atoms with Crippen molar-refractivity contribution in [3.8, 4) is 0 Å². The molecule has 2 N–H and O–H groups in total. The zero-order valence-electron chi connectivity index (χ0n) is 18.8. The number of benzene rings is 2. The van der Waals surface area contributed by atoms with Gasteiger partial charge in [-0.2, -0.15) is 0 Å². The van der Waals surface area contributed by atoms with Crippen LogP contribution in [0.3, 0.4) is 0 Å². The SMILES string of the molecule is CC(C)(C)C1CCc2c(sc(NC(=O)c3cccc(Br)c3)c2C(=O)Nc2ccccc2Cl)C1. The number of hydrogen-bond acceptors (Lipinski definition) is 3. The number of hydrogen-bond donors (Lipinski definition) is 2. The number of para-hydroxylation sites is 1. The molecule has 0 bridgehead atoms. The number of nitrogens with one attached hydrogen (secondary N) is 2. The van der Waals surface area contributed by atoms with Gasteiger partial charge in [0, 0.05) is 14.9 Å². The quantitative estimate of drug-likeness (QED) is 0.351. The van der Waals surface area contributed by atoms with Crippen LogP contribution in [0.15, 0.2) is 53.0 Å². The molecule has 33 heavy (non-hydrogen) atoms. The lowest BCUT2D eigenvalue weighted by Crippen LogP contribution is -2.27. The van der Waals surface area contributed by atoms with Gasteiger partial charge in [0.15, 0.2) is 0 Å². The summed E-state index contributed by atoms with van der Waals surface area (Å²) in [5.74, 6) is 0.0326. The summed E-state index contributed by atoms with van der Waals surface area (Å²) in [6, 6.07) is 14.4. The third-order valence-electron chi connectivity index (χ3n) is 6.15. The Morgan fingerprint density at radius 2 is 1.82 bits per heavy atom. The molecule has 0 spiro atoms. The second-order valence-electron chi connectivity index (χ2n) is 9.41. The maximum atomic E-state index is 13.4. The van der Waals surface area contributed by atoms with Crippen molar-refractivity contribution in [2.45, 2.75) is 40.0 Å². The highest BCUT2D eigenvalue weighted by atomic mass is 79.9. The van der Waals surface area contributed by atoms with Crippen LogP contribution in [0.25, 0.3) is 0 Å². The molecule has 3 aromatic rings. The Labute approximate surface area is 211 Å². The summed E-state index contributed by atoms with van der Waals surface area (Å²) < 4.78 is 0.824. The average molecular weight is 546 g/mol. The second kappa shape index (κ2) is 9.61. The number of anilines is 2. The van der Waals surface area contributed by atoms with E-state index in [0.29, 0.717) is 32.8 Å². The molecule has 1 aliphatic carbocycles. The minimum absolute atomic E-state index is 0.182. The molecule has 2 amide bonds. The summed E-state index contributed by atoms with van der Waals surface area (Å²) >= 11 is 11.2. The Hall–Kier alpha value is -2.15. The molecule has 0 fully saturated rings. The van der Waals surface area contributed by atoms with Crippen molar-refractivity contribution in [3.05, 3.63) is 79.6 Å². The van der Waals surface area contributed by atoms with Crippen molar-refractivity contribution < 1.29 is 9.59 Å². The standard InChI is InChI=1S/C26H26BrClN2O2S/c1-26(2,3)16-11-12-18-21(14-16)33-25(30-23(31)15-7-6-8-17(27)13-15)22(18)24(32)29-20-10-5-4-9-19(20)28/h4-10,13,16H,11-12,14H2,1-3H3,(H,29,32)(H,30,31). The molecule has 0 saturated carbocycles. The first-order chi connectivity index (χ1) is 15.6. The van der Waals surface area contributed by atoms with Gasteiger partial charge in [-0.1, -0.05) is 66.5 Å². The summed E-state index contributed by atoms with van der Waals surface area (Å²) in [7, 11) is 0. The van der Waals surface area contributed by atoms with Crippen molar-refractivity contribution >= 4 is 61.4 Å². The number of thiophene rings is 1.